The Labute approximate surface area is 114 Å². The van der Waals surface area contributed by atoms with Crippen molar-refractivity contribution >= 4 is 0 Å². The Hall–Kier alpha value is -1.74. The Balaban J connectivity index is 2.26. The topological polar surface area (TPSA) is 48.4 Å². The molecule has 2 aromatic rings. The first-order chi connectivity index (χ1) is 9.11. The second kappa shape index (κ2) is 5.93. The van der Waals surface area contributed by atoms with E-state index < -0.39 is 0 Å². The second-order valence-electron chi connectivity index (χ2n) is 4.87. The monoisotopic (exact) mass is 259 g/mol. The van der Waals surface area contributed by atoms with Crippen LogP contribution in [-0.4, -0.2) is 6.10 Å². The molecular weight excluding hydrogens is 238 g/mol. The summed E-state index contributed by atoms with van der Waals surface area (Å²) in [4.78, 5) is 0. The van der Waals surface area contributed by atoms with Gasteiger partial charge >= 0.3 is 0 Å². The molecule has 2 N–H and O–H groups in total. The summed E-state index contributed by atoms with van der Waals surface area (Å²) in [5, 5.41) is 0. The van der Waals surface area contributed by atoms with E-state index in [1.165, 1.54) is 0 Å². The van der Waals surface area contributed by atoms with Crippen LogP contribution in [-0.2, 0) is 6.42 Å². The average Bonchev–Trinajstić information content (AvgIpc) is 2.85. The predicted octanol–water partition coefficient (Wildman–Crippen LogP) is 3.68. The lowest BCUT2D eigenvalue weighted by Crippen LogP contribution is -2.13. The third kappa shape index (κ3) is 3.18. The Morgan fingerprint density at radius 1 is 1.26 bits per heavy atom. The fourth-order valence-corrected chi connectivity index (χ4v) is 2.15. The highest BCUT2D eigenvalue weighted by atomic mass is 16.5. The summed E-state index contributed by atoms with van der Waals surface area (Å²) in [6.07, 6.45) is 2.70. The van der Waals surface area contributed by atoms with Crippen molar-refractivity contribution in [1.82, 2.24) is 0 Å². The van der Waals surface area contributed by atoms with E-state index in [4.69, 9.17) is 14.9 Å². The molecule has 0 aliphatic heterocycles. The van der Waals surface area contributed by atoms with Gasteiger partial charge in [0, 0.05) is 12.0 Å². The molecule has 3 heteroatoms. The molecule has 102 valence electrons. The van der Waals surface area contributed by atoms with Crippen LogP contribution >= 0.6 is 0 Å². The first-order valence-corrected chi connectivity index (χ1v) is 6.70. The zero-order valence-electron chi connectivity index (χ0n) is 11.7. The van der Waals surface area contributed by atoms with E-state index in [0.29, 0.717) is 0 Å². The third-order valence-electron chi connectivity index (χ3n) is 3.03. The van der Waals surface area contributed by atoms with E-state index >= 15 is 0 Å². The Morgan fingerprint density at radius 2 is 2.05 bits per heavy atom. The first-order valence-electron chi connectivity index (χ1n) is 6.70. The van der Waals surface area contributed by atoms with Crippen molar-refractivity contribution < 1.29 is 9.15 Å². The van der Waals surface area contributed by atoms with Crippen LogP contribution in [0.1, 0.15) is 43.7 Å². The van der Waals surface area contributed by atoms with Crippen LogP contribution in [0.3, 0.4) is 0 Å². The van der Waals surface area contributed by atoms with Crippen LogP contribution in [0.25, 0.3) is 0 Å². The molecule has 0 fully saturated rings. The largest absolute Gasteiger partial charge is 0.491 e. The van der Waals surface area contributed by atoms with Gasteiger partial charge in [-0.25, -0.2) is 0 Å². The van der Waals surface area contributed by atoms with Crippen LogP contribution in [0.4, 0.5) is 0 Å². The number of hydrogen-bond donors (Lipinski definition) is 1. The van der Waals surface area contributed by atoms with Gasteiger partial charge in [0.05, 0.1) is 18.4 Å². The molecule has 1 aromatic heterocycles. The van der Waals surface area contributed by atoms with Gasteiger partial charge in [-0.05, 0) is 37.6 Å². The minimum atomic E-state index is -0.176. The van der Waals surface area contributed by atoms with Crippen LogP contribution in [0.2, 0.25) is 0 Å². The molecule has 19 heavy (non-hydrogen) atoms. The van der Waals surface area contributed by atoms with Gasteiger partial charge in [0.25, 0.3) is 0 Å². The fraction of sp³-hybridized carbons (Fsp3) is 0.375. The third-order valence-corrected chi connectivity index (χ3v) is 3.03. The van der Waals surface area contributed by atoms with E-state index in [2.05, 4.69) is 6.92 Å². The van der Waals surface area contributed by atoms with E-state index in [1.807, 2.05) is 44.2 Å². The van der Waals surface area contributed by atoms with Crippen molar-refractivity contribution in [2.24, 2.45) is 5.73 Å². The summed E-state index contributed by atoms with van der Waals surface area (Å²) >= 11 is 0. The molecule has 0 bridgehead atoms. The Morgan fingerprint density at radius 3 is 2.74 bits per heavy atom. The number of ether oxygens (including phenoxy) is 1. The number of furan rings is 1. The van der Waals surface area contributed by atoms with Gasteiger partial charge in [-0.3, -0.25) is 0 Å². The SMILES string of the molecule is CCc1occc1C(N)c1cccc(OC(C)C)c1. The molecular formula is C16H21NO2. The molecule has 2 rings (SSSR count). The number of benzene rings is 1. The molecule has 1 atom stereocenters. The van der Waals surface area contributed by atoms with E-state index in [-0.39, 0.29) is 12.1 Å². The van der Waals surface area contributed by atoms with Gasteiger partial charge in [-0.2, -0.15) is 0 Å². The van der Waals surface area contributed by atoms with Crippen molar-refractivity contribution in [2.45, 2.75) is 39.3 Å². The van der Waals surface area contributed by atoms with Crippen molar-refractivity contribution in [3.8, 4) is 5.75 Å². The molecule has 0 aliphatic rings. The molecule has 3 nitrogen and oxygen atoms in total. The van der Waals surface area contributed by atoms with Crippen molar-refractivity contribution in [2.75, 3.05) is 0 Å². The maximum atomic E-state index is 6.32. The number of nitrogens with two attached hydrogens (primary N) is 1. The molecule has 0 saturated heterocycles. The van der Waals surface area contributed by atoms with Crippen molar-refractivity contribution in [3.05, 3.63) is 53.5 Å². The smallest absolute Gasteiger partial charge is 0.120 e. The van der Waals surface area contributed by atoms with Crippen molar-refractivity contribution in [3.63, 3.8) is 0 Å². The maximum Gasteiger partial charge on any atom is 0.120 e. The van der Waals surface area contributed by atoms with Gasteiger partial charge < -0.3 is 14.9 Å². The number of aryl methyl sites for hydroxylation is 1. The molecule has 0 radical (unpaired) electrons. The first kappa shape index (κ1) is 13.7. The second-order valence-corrected chi connectivity index (χ2v) is 4.87. The predicted molar refractivity (Wildman–Crippen MR) is 76.3 cm³/mol. The number of rotatable bonds is 5. The lowest BCUT2D eigenvalue weighted by molar-refractivity contribution is 0.242. The van der Waals surface area contributed by atoms with Gasteiger partial charge in [-0.15, -0.1) is 0 Å². The Kier molecular flexibility index (Phi) is 4.27. The van der Waals surface area contributed by atoms with Gasteiger partial charge in [0.2, 0.25) is 0 Å². The van der Waals surface area contributed by atoms with Crippen LogP contribution in [0.15, 0.2) is 41.0 Å². The zero-order valence-corrected chi connectivity index (χ0v) is 11.7. The van der Waals surface area contributed by atoms with Crippen LogP contribution in [0, 0.1) is 0 Å². The lowest BCUT2D eigenvalue weighted by Gasteiger charge is -2.15. The number of hydrogen-bond acceptors (Lipinski definition) is 3. The summed E-state index contributed by atoms with van der Waals surface area (Å²) in [6, 6.07) is 9.70. The summed E-state index contributed by atoms with van der Waals surface area (Å²) < 4.78 is 11.1. The molecule has 1 unspecified atom stereocenters. The lowest BCUT2D eigenvalue weighted by atomic mass is 9.99. The molecule has 0 spiro atoms. The standard InChI is InChI=1S/C16H21NO2/c1-4-15-14(8-9-18-15)16(17)12-6-5-7-13(10-12)19-11(2)3/h5-11,16H,4,17H2,1-3H3. The maximum absolute atomic E-state index is 6.32. The van der Waals surface area contributed by atoms with Crippen molar-refractivity contribution in [1.29, 1.82) is 0 Å². The van der Waals surface area contributed by atoms with E-state index in [9.17, 15) is 0 Å². The quantitative estimate of drug-likeness (QED) is 0.891. The molecule has 0 aliphatic carbocycles. The fourth-order valence-electron chi connectivity index (χ4n) is 2.15. The highest BCUT2D eigenvalue weighted by Gasteiger charge is 2.15. The minimum Gasteiger partial charge on any atom is -0.491 e. The van der Waals surface area contributed by atoms with Crippen LogP contribution in [0.5, 0.6) is 5.75 Å². The van der Waals surface area contributed by atoms with Gasteiger partial charge in [0.15, 0.2) is 0 Å². The summed E-state index contributed by atoms with van der Waals surface area (Å²) in [5.41, 5.74) is 8.40. The average molecular weight is 259 g/mol. The zero-order chi connectivity index (χ0) is 13.8. The van der Waals surface area contributed by atoms with Crippen LogP contribution < -0.4 is 10.5 Å². The van der Waals surface area contributed by atoms with E-state index in [1.54, 1.807) is 6.26 Å². The normalized spacial score (nSPS) is 12.7. The summed E-state index contributed by atoms with van der Waals surface area (Å²) in [7, 11) is 0. The molecule has 0 saturated carbocycles. The molecule has 1 aromatic carbocycles. The highest BCUT2D eigenvalue weighted by molar-refractivity contribution is 5.37. The Bertz CT molecular complexity index is 531. The molecule has 0 amide bonds. The van der Waals surface area contributed by atoms with E-state index in [0.717, 1.165) is 29.1 Å². The minimum absolute atomic E-state index is 0.159. The molecule has 1 heterocycles. The summed E-state index contributed by atoms with van der Waals surface area (Å²) in [5.74, 6) is 1.80. The highest BCUT2D eigenvalue weighted by Crippen LogP contribution is 2.27. The van der Waals surface area contributed by atoms with Gasteiger partial charge in [-0.1, -0.05) is 19.1 Å². The summed E-state index contributed by atoms with van der Waals surface area (Å²) in [6.45, 7) is 6.09. The van der Waals surface area contributed by atoms with Gasteiger partial charge in [0.1, 0.15) is 11.5 Å².